The van der Waals surface area contributed by atoms with Gasteiger partial charge in [0.2, 0.25) is 5.91 Å². The fourth-order valence-electron chi connectivity index (χ4n) is 5.79. The number of aliphatic hydroxyl groups excluding tert-OH is 1. The molecule has 4 atom stereocenters. The number of unbranched alkanes of at least 4 members (excludes halogenated alkanes) is 1. The van der Waals surface area contributed by atoms with E-state index in [2.05, 4.69) is 5.32 Å². The molecule has 8 nitrogen and oxygen atoms in total. The zero-order valence-electron chi connectivity index (χ0n) is 28.4. The van der Waals surface area contributed by atoms with E-state index in [4.69, 9.17) is 5.73 Å². The molecule has 0 saturated heterocycles. The molecular weight excluding hydrogens is 655 g/mol. The quantitative estimate of drug-likeness (QED) is 0.151. The molecule has 49 heavy (non-hydrogen) atoms. The minimum Gasteiger partial charge on any atom is -0.390 e. The first-order valence-electron chi connectivity index (χ1n) is 16.8. The molecule has 0 bridgehead atoms. The molecule has 1 unspecified atom stereocenters. The molecule has 0 aliphatic carbocycles. The molecule has 3 aromatic rings. The van der Waals surface area contributed by atoms with Crippen molar-refractivity contribution in [2.45, 2.75) is 95.7 Å². The first kappa shape index (κ1) is 39.7. The zero-order chi connectivity index (χ0) is 36.1. The van der Waals surface area contributed by atoms with Gasteiger partial charge in [0.15, 0.2) is 9.84 Å². The average molecular weight is 704 g/mol. The number of nitrogens with two attached hydrogens (primary N) is 1. The van der Waals surface area contributed by atoms with Gasteiger partial charge in [-0.15, -0.1) is 0 Å². The number of aryl methyl sites for hydroxylation is 1. The maximum atomic E-state index is 14.4. The standard InChI is InChI=1S/C37H48F3N3O5S/c1-4-7-15-32(10-5-2)49(47,48)24-34(42-36(45)28-13-9-14-29(38)20-28)37(46)43(22-26-12-8-11-25(6-3)16-26)23-35(44)33(41)19-27-17-30(39)21-31(40)18-27/h8-9,11-14,16-18,20-21,32-35,44H,4-7,10,15,19,22-24,41H2,1-3H3,(H,42,45)/t32?,33-,34+,35+/m0/s1. The van der Waals surface area contributed by atoms with Crippen LogP contribution in [0.2, 0.25) is 0 Å². The summed E-state index contributed by atoms with van der Waals surface area (Å²) in [6, 6.07) is 12.5. The molecular formula is C37H48F3N3O5S. The number of nitrogens with zero attached hydrogens (tertiary/aromatic N) is 1. The SMILES string of the molecule is CCCCC(CCC)S(=O)(=O)C[C@@H](NC(=O)c1cccc(F)c1)C(=O)N(Cc1cccc(CC)c1)C[C@@H](O)[C@@H](N)Cc1cc(F)cc(F)c1. The number of rotatable bonds is 19. The molecule has 0 heterocycles. The van der Waals surface area contributed by atoms with Crippen LogP contribution in [-0.4, -0.2) is 66.0 Å². The van der Waals surface area contributed by atoms with Crippen molar-refractivity contribution in [1.29, 1.82) is 0 Å². The van der Waals surface area contributed by atoms with Gasteiger partial charge in [0.05, 0.1) is 17.1 Å². The summed E-state index contributed by atoms with van der Waals surface area (Å²) >= 11 is 0. The number of aliphatic hydroxyl groups is 1. The molecule has 268 valence electrons. The largest absolute Gasteiger partial charge is 0.390 e. The number of halogens is 3. The van der Waals surface area contributed by atoms with Gasteiger partial charge >= 0.3 is 0 Å². The van der Waals surface area contributed by atoms with Crippen LogP contribution >= 0.6 is 0 Å². The Kier molecular flexibility index (Phi) is 15.3. The van der Waals surface area contributed by atoms with E-state index < -0.39 is 68.3 Å². The first-order chi connectivity index (χ1) is 23.3. The smallest absolute Gasteiger partial charge is 0.252 e. The van der Waals surface area contributed by atoms with E-state index in [1.165, 1.54) is 17.0 Å². The van der Waals surface area contributed by atoms with Crippen LogP contribution in [0.1, 0.15) is 79.9 Å². The number of carbonyl (C=O) groups is 2. The predicted octanol–water partition coefficient (Wildman–Crippen LogP) is 5.50. The summed E-state index contributed by atoms with van der Waals surface area (Å²) < 4.78 is 69.4. The monoisotopic (exact) mass is 703 g/mol. The van der Waals surface area contributed by atoms with Crippen molar-refractivity contribution in [2.75, 3.05) is 12.3 Å². The number of hydrogen-bond acceptors (Lipinski definition) is 6. The third-order valence-corrected chi connectivity index (χ3v) is 10.8. The number of amides is 2. The van der Waals surface area contributed by atoms with Gasteiger partial charge in [0.1, 0.15) is 23.5 Å². The van der Waals surface area contributed by atoms with E-state index in [0.29, 0.717) is 37.7 Å². The number of benzene rings is 3. The predicted molar refractivity (Wildman–Crippen MR) is 185 cm³/mol. The van der Waals surface area contributed by atoms with Crippen molar-refractivity contribution in [2.24, 2.45) is 5.73 Å². The molecule has 12 heteroatoms. The summed E-state index contributed by atoms with van der Waals surface area (Å²) in [7, 11) is -3.94. The second-order valence-electron chi connectivity index (χ2n) is 12.5. The van der Waals surface area contributed by atoms with Crippen LogP contribution in [0.3, 0.4) is 0 Å². The zero-order valence-corrected chi connectivity index (χ0v) is 29.2. The van der Waals surface area contributed by atoms with Gasteiger partial charge in [-0.2, -0.15) is 0 Å². The Morgan fingerprint density at radius 2 is 1.53 bits per heavy atom. The molecule has 0 radical (unpaired) electrons. The minimum atomic E-state index is -3.94. The highest BCUT2D eigenvalue weighted by Gasteiger charge is 2.36. The van der Waals surface area contributed by atoms with Gasteiger partial charge in [0, 0.05) is 30.8 Å². The summed E-state index contributed by atoms with van der Waals surface area (Å²) in [5.74, 6) is -4.63. The summed E-state index contributed by atoms with van der Waals surface area (Å²) in [4.78, 5) is 29.0. The number of nitrogens with one attached hydrogen (secondary N) is 1. The maximum absolute atomic E-state index is 14.4. The molecule has 4 N–H and O–H groups in total. The highest BCUT2D eigenvalue weighted by atomic mass is 32.2. The van der Waals surface area contributed by atoms with Crippen LogP contribution in [0.5, 0.6) is 0 Å². The van der Waals surface area contributed by atoms with Crippen LogP contribution in [0.25, 0.3) is 0 Å². The Hall–Kier alpha value is -3.74. The molecule has 0 aliphatic heterocycles. The fraction of sp³-hybridized carbons (Fsp3) is 0.459. The van der Waals surface area contributed by atoms with Crippen molar-refractivity contribution in [3.05, 3.63) is 106 Å². The molecule has 3 rings (SSSR count). The lowest BCUT2D eigenvalue weighted by Crippen LogP contribution is -2.55. The first-order valence-corrected chi connectivity index (χ1v) is 18.5. The topological polar surface area (TPSA) is 130 Å². The number of sulfone groups is 1. The second kappa shape index (κ2) is 18.9. The summed E-state index contributed by atoms with van der Waals surface area (Å²) in [5, 5.41) is 13.0. The van der Waals surface area contributed by atoms with Crippen molar-refractivity contribution in [3.63, 3.8) is 0 Å². The van der Waals surface area contributed by atoms with Crippen LogP contribution in [-0.2, 0) is 34.0 Å². The second-order valence-corrected chi connectivity index (χ2v) is 14.8. The van der Waals surface area contributed by atoms with Crippen molar-refractivity contribution < 1.29 is 36.3 Å². The van der Waals surface area contributed by atoms with E-state index in [1.807, 2.05) is 39.0 Å². The van der Waals surface area contributed by atoms with Gasteiger partial charge in [-0.05, 0) is 72.7 Å². The highest BCUT2D eigenvalue weighted by molar-refractivity contribution is 7.92. The van der Waals surface area contributed by atoms with Gasteiger partial charge in [-0.3, -0.25) is 9.59 Å². The lowest BCUT2D eigenvalue weighted by atomic mass is 10.0. The maximum Gasteiger partial charge on any atom is 0.252 e. The number of carbonyl (C=O) groups excluding carboxylic acids is 2. The van der Waals surface area contributed by atoms with Crippen molar-refractivity contribution >= 4 is 21.7 Å². The van der Waals surface area contributed by atoms with Crippen LogP contribution < -0.4 is 11.1 Å². The third kappa shape index (κ3) is 12.3. The molecule has 0 aromatic heterocycles. The van der Waals surface area contributed by atoms with Gasteiger partial charge < -0.3 is 21.1 Å². The molecule has 0 fully saturated rings. The third-order valence-electron chi connectivity index (χ3n) is 8.47. The molecule has 3 aromatic carbocycles. The van der Waals surface area contributed by atoms with E-state index in [-0.39, 0.29) is 30.6 Å². The van der Waals surface area contributed by atoms with E-state index in [0.717, 1.165) is 42.3 Å². The lowest BCUT2D eigenvalue weighted by Gasteiger charge is -2.32. The van der Waals surface area contributed by atoms with Gasteiger partial charge in [0.25, 0.3) is 5.91 Å². The Labute approximate surface area is 287 Å². The minimum absolute atomic E-state index is 0.0638. The van der Waals surface area contributed by atoms with E-state index >= 15 is 0 Å². The molecule has 2 amide bonds. The summed E-state index contributed by atoms with van der Waals surface area (Å²) in [5.41, 5.74) is 8.04. The molecule has 0 aliphatic rings. The Morgan fingerprint density at radius 1 is 0.857 bits per heavy atom. The average Bonchev–Trinajstić information content (AvgIpc) is 3.05. The van der Waals surface area contributed by atoms with Crippen molar-refractivity contribution in [3.8, 4) is 0 Å². The Balaban J connectivity index is 2.00. The van der Waals surface area contributed by atoms with E-state index in [1.54, 1.807) is 6.07 Å². The van der Waals surface area contributed by atoms with Crippen LogP contribution in [0.4, 0.5) is 13.2 Å². The molecule has 0 saturated carbocycles. The Bertz CT molecular complexity index is 1640. The van der Waals surface area contributed by atoms with Gasteiger partial charge in [-0.1, -0.05) is 70.4 Å². The van der Waals surface area contributed by atoms with Crippen LogP contribution in [0, 0.1) is 17.5 Å². The summed E-state index contributed by atoms with van der Waals surface area (Å²) in [6.45, 7) is 5.35. The van der Waals surface area contributed by atoms with Gasteiger partial charge in [-0.25, -0.2) is 21.6 Å². The Morgan fingerprint density at radius 3 is 2.16 bits per heavy atom. The van der Waals surface area contributed by atoms with E-state index in [9.17, 15) is 36.3 Å². The van der Waals surface area contributed by atoms with Crippen LogP contribution in [0.15, 0.2) is 66.7 Å². The van der Waals surface area contributed by atoms with Crippen molar-refractivity contribution in [1.82, 2.24) is 10.2 Å². The number of hydrogen-bond donors (Lipinski definition) is 3. The fourth-order valence-corrected chi connectivity index (χ4v) is 7.87. The summed E-state index contributed by atoms with van der Waals surface area (Å²) in [6.07, 6.45) is 2.00. The molecule has 0 spiro atoms. The normalized spacial score (nSPS) is 14.1. The highest BCUT2D eigenvalue weighted by Crippen LogP contribution is 2.20. The lowest BCUT2D eigenvalue weighted by molar-refractivity contribution is -0.135.